The summed E-state index contributed by atoms with van der Waals surface area (Å²) < 4.78 is 1.71. The van der Waals surface area contributed by atoms with Gasteiger partial charge in [-0.1, -0.05) is 11.6 Å². The highest BCUT2D eigenvalue weighted by molar-refractivity contribution is 7.09. The molecule has 0 aliphatic carbocycles. The van der Waals surface area contributed by atoms with Crippen LogP contribution in [0.4, 0.5) is 5.82 Å². The van der Waals surface area contributed by atoms with Crippen molar-refractivity contribution in [2.24, 2.45) is 5.73 Å². The predicted octanol–water partition coefficient (Wildman–Crippen LogP) is 2.88. The molecule has 4 aromatic rings. The van der Waals surface area contributed by atoms with Crippen LogP contribution in [0.3, 0.4) is 0 Å². The van der Waals surface area contributed by atoms with Crippen LogP contribution < -0.4 is 16.8 Å². The van der Waals surface area contributed by atoms with Crippen molar-refractivity contribution in [1.82, 2.24) is 29.6 Å². The number of carbonyl (C=O) groups excluding carboxylic acids is 2. The third-order valence-electron chi connectivity index (χ3n) is 6.27. The number of nitrogens with two attached hydrogens (primary N) is 2. The fourth-order valence-corrected chi connectivity index (χ4v) is 5.59. The third kappa shape index (κ3) is 4.64. The first-order valence-corrected chi connectivity index (χ1v) is 12.6. The molecule has 0 aromatic carbocycles. The molecule has 10 nitrogen and oxygen atoms in total. The molecule has 1 saturated heterocycles. The van der Waals surface area contributed by atoms with Crippen LogP contribution in [0.2, 0.25) is 5.02 Å². The van der Waals surface area contributed by atoms with Crippen molar-refractivity contribution in [1.29, 1.82) is 0 Å². The zero-order valence-corrected chi connectivity index (χ0v) is 21.3. The quantitative estimate of drug-likeness (QED) is 0.364. The number of fused-ring (bicyclic) bond motifs is 1. The first-order valence-electron chi connectivity index (χ1n) is 11.4. The standard InChI is InChI=1S/C24H25ClN8O2S/c1-12-5-20(27)29-13(2)16(12)7-28-22(34)18-11-36-23(31-18)19-6-15(26)9-33(19)24(35)17-10-32-8-14(25)3-4-21(32)30-17/h3-5,8,10-11,15,19H,6-7,9,26H2,1-2H3,(H2,27,29)(H,28,34)/t15-,19+/m1/s1. The fraction of sp³-hybridized carbons (Fsp3) is 0.292. The van der Waals surface area contributed by atoms with Gasteiger partial charge in [-0.2, -0.15) is 0 Å². The molecule has 186 valence electrons. The molecule has 5 heterocycles. The fourth-order valence-electron chi connectivity index (χ4n) is 4.50. The van der Waals surface area contributed by atoms with Gasteiger partial charge in [-0.25, -0.2) is 15.0 Å². The highest BCUT2D eigenvalue weighted by atomic mass is 35.5. The molecule has 4 aromatic heterocycles. The second-order valence-corrected chi connectivity index (χ2v) is 10.2. The van der Waals surface area contributed by atoms with Gasteiger partial charge < -0.3 is 26.1 Å². The molecule has 0 bridgehead atoms. The monoisotopic (exact) mass is 524 g/mol. The van der Waals surface area contributed by atoms with Gasteiger partial charge in [0.1, 0.15) is 27.9 Å². The smallest absolute Gasteiger partial charge is 0.274 e. The van der Waals surface area contributed by atoms with Gasteiger partial charge in [0.2, 0.25) is 0 Å². The van der Waals surface area contributed by atoms with Gasteiger partial charge in [-0.05, 0) is 49.6 Å². The molecule has 5 N–H and O–H groups in total. The van der Waals surface area contributed by atoms with E-state index in [1.165, 1.54) is 11.3 Å². The summed E-state index contributed by atoms with van der Waals surface area (Å²) in [6.07, 6.45) is 3.90. The lowest BCUT2D eigenvalue weighted by Gasteiger charge is -2.21. The number of amides is 2. The molecule has 0 spiro atoms. The maximum Gasteiger partial charge on any atom is 0.274 e. The lowest BCUT2D eigenvalue weighted by atomic mass is 10.1. The highest BCUT2D eigenvalue weighted by Crippen LogP contribution is 2.34. The Hall–Kier alpha value is -3.54. The number of thiazole rings is 1. The van der Waals surface area contributed by atoms with Crippen molar-refractivity contribution in [3.8, 4) is 0 Å². The molecule has 0 saturated carbocycles. The Kier molecular flexibility index (Phi) is 6.37. The van der Waals surface area contributed by atoms with E-state index in [1.54, 1.807) is 45.3 Å². The second-order valence-electron chi connectivity index (χ2n) is 8.89. The van der Waals surface area contributed by atoms with Crippen LogP contribution in [0.5, 0.6) is 0 Å². The van der Waals surface area contributed by atoms with E-state index < -0.39 is 0 Å². The number of likely N-dealkylation sites (tertiary alicyclic amines) is 1. The Bertz CT molecular complexity index is 1460. The number of hydrogen-bond donors (Lipinski definition) is 3. The largest absolute Gasteiger partial charge is 0.384 e. The van der Waals surface area contributed by atoms with Gasteiger partial charge in [0.25, 0.3) is 11.8 Å². The number of carbonyl (C=O) groups is 2. The highest BCUT2D eigenvalue weighted by Gasteiger charge is 2.38. The summed E-state index contributed by atoms with van der Waals surface area (Å²) in [5.74, 6) is -0.0909. The molecule has 5 rings (SSSR count). The van der Waals surface area contributed by atoms with Crippen LogP contribution in [0.15, 0.2) is 36.0 Å². The number of hydrogen-bond acceptors (Lipinski definition) is 8. The minimum atomic E-state index is -0.335. The van der Waals surface area contributed by atoms with E-state index in [1.807, 2.05) is 13.8 Å². The van der Waals surface area contributed by atoms with Crippen LogP contribution in [-0.2, 0) is 6.54 Å². The first-order chi connectivity index (χ1) is 17.2. The van der Waals surface area contributed by atoms with Crippen LogP contribution in [0.1, 0.15) is 55.3 Å². The number of anilines is 1. The molecule has 0 radical (unpaired) electrons. The van der Waals surface area contributed by atoms with Crippen molar-refractivity contribution in [2.45, 2.75) is 38.9 Å². The number of aryl methyl sites for hydroxylation is 2. The maximum atomic E-state index is 13.4. The topological polar surface area (TPSA) is 145 Å². The lowest BCUT2D eigenvalue weighted by molar-refractivity contribution is 0.0728. The lowest BCUT2D eigenvalue weighted by Crippen LogP contribution is -2.33. The van der Waals surface area contributed by atoms with Gasteiger partial charge >= 0.3 is 0 Å². The summed E-state index contributed by atoms with van der Waals surface area (Å²) in [7, 11) is 0. The summed E-state index contributed by atoms with van der Waals surface area (Å²) in [4.78, 5) is 41.1. The second kappa shape index (κ2) is 9.49. The predicted molar refractivity (Wildman–Crippen MR) is 138 cm³/mol. The van der Waals surface area contributed by atoms with E-state index >= 15 is 0 Å². The van der Waals surface area contributed by atoms with Crippen LogP contribution in [0, 0.1) is 13.8 Å². The number of pyridine rings is 2. The Balaban J connectivity index is 1.32. The van der Waals surface area contributed by atoms with Crippen molar-refractivity contribution >= 4 is 46.2 Å². The number of nitrogens with one attached hydrogen (secondary N) is 1. The summed E-state index contributed by atoms with van der Waals surface area (Å²) in [5.41, 5.74) is 15.9. The number of nitrogens with zero attached hydrogens (tertiary/aromatic N) is 5. The van der Waals surface area contributed by atoms with E-state index in [0.717, 1.165) is 16.8 Å². The molecule has 1 fully saturated rings. The van der Waals surface area contributed by atoms with Gasteiger partial charge in [-0.3, -0.25) is 9.59 Å². The summed E-state index contributed by atoms with van der Waals surface area (Å²) in [5, 5.41) is 5.81. The molecule has 2 atom stereocenters. The number of imidazole rings is 1. The number of halogens is 1. The average molecular weight is 525 g/mol. The summed E-state index contributed by atoms with van der Waals surface area (Å²) >= 11 is 7.39. The molecular formula is C24H25ClN8O2S. The number of aromatic nitrogens is 4. The van der Waals surface area contributed by atoms with Gasteiger partial charge in [0.05, 0.1) is 11.1 Å². The first kappa shape index (κ1) is 24.2. The average Bonchev–Trinajstić information content (AvgIpc) is 3.55. The van der Waals surface area contributed by atoms with E-state index in [4.69, 9.17) is 23.1 Å². The van der Waals surface area contributed by atoms with Crippen molar-refractivity contribution in [3.05, 3.63) is 74.2 Å². The molecule has 36 heavy (non-hydrogen) atoms. The zero-order chi connectivity index (χ0) is 25.6. The van der Waals surface area contributed by atoms with Crippen LogP contribution >= 0.6 is 22.9 Å². The Morgan fingerprint density at radius 3 is 2.78 bits per heavy atom. The van der Waals surface area contributed by atoms with E-state index in [2.05, 4.69) is 20.3 Å². The van der Waals surface area contributed by atoms with Crippen molar-refractivity contribution in [3.63, 3.8) is 0 Å². The summed E-state index contributed by atoms with van der Waals surface area (Å²) in [6.45, 7) is 4.48. The molecule has 2 amide bonds. The van der Waals surface area contributed by atoms with Crippen molar-refractivity contribution in [2.75, 3.05) is 12.3 Å². The molecule has 0 unspecified atom stereocenters. The number of nitrogen functional groups attached to an aromatic ring is 1. The minimum Gasteiger partial charge on any atom is -0.384 e. The van der Waals surface area contributed by atoms with Crippen LogP contribution in [0.25, 0.3) is 5.65 Å². The Morgan fingerprint density at radius 1 is 1.19 bits per heavy atom. The molecule has 1 aliphatic rings. The van der Waals surface area contributed by atoms with E-state index in [-0.39, 0.29) is 23.9 Å². The molecule has 1 aliphatic heterocycles. The zero-order valence-electron chi connectivity index (χ0n) is 19.7. The van der Waals surface area contributed by atoms with Crippen LogP contribution in [-0.4, -0.2) is 48.7 Å². The van der Waals surface area contributed by atoms with Gasteiger partial charge in [0.15, 0.2) is 0 Å². The van der Waals surface area contributed by atoms with Gasteiger partial charge in [0, 0.05) is 42.6 Å². The summed E-state index contributed by atoms with van der Waals surface area (Å²) in [6, 6.07) is 4.72. The van der Waals surface area contributed by atoms with E-state index in [0.29, 0.717) is 52.4 Å². The minimum absolute atomic E-state index is 0.199. The van der Waals surface area contributed by atoms with E-state index in [9.17, 15) is 9.59 Å². The maximum absolute atomic E-state index is 13.4. The van der Waals surface area contributed by atoms with Gasteiger partial charge in [-0.15, -0.1) is 11.3 Å². The Labute approximate surface area is 216 Å². The normalized spacial score (nSPS) is 17.6. The third-order valence-corrected chi connectivity index (χ3v) is 7.44. The SMILES string of the molecule is Cc1cc(N)nc(C)c1CNC(=O)c1csc([C@@H]2C[C@@H](N)CN2C(=O)c2cn3cc(Cl)ccc3n2)n1. The van der Waals surface area contributed by atoms with Crippen molar-refractivity contribution < 1.29 is 9.59 Å². The Morgan fingerprint density at radius 2 is 2.00 bits per heavy atom. The molecular weight excluding hydrogens is 500 g/mol. The number of rotatable bonds is 5. The molecule has 12 heteroatoms.